The highest BCUT2D eigenvalue weighted by atomic mass is 15.1. The highest BCUT2D eigenvalue weighted by Crippen LogP contribution is 1.82. The van der Waals surface area contributed by atoms with Crippen molar-refractivity contribution in [1.82, 2.24) is 5.32 Å². The number of rotatable bonds is 1. The number of hydrogen-bond acceptors (Lipinski definition) is 3. The summed E-state index contributed by atoms with van der Waals surface area (Å²) < 4.78 is 0. The minimum Gasteiger partial charge on any atom is -0.383 e. The minimum atomic E-state index is 0.0787. The largest absolute Gasteiger partial charge is 0.383 e. The van der Waals surface area contributed by atoms with Crippen LogP contribution >= 0.6 is 0 Å². The van der Waals surface area contributed by atoms with E-state index in [-0.39, 0.29) is 5.84 Å². The van der Waals surface area contributed by atoms with Crippen molar-refractivity contribution in [2.75, 3.05) is 13.2 Å². The van der Waals surface area contributed by atoms with Crippen molar-refractivity contribution in [2.24, 2.45) is 10.7 Å². The molecule has 4 heteroatoms. The highest BCUT2D eigenvalue weighted by molar-refractivity contribution is 6.40. The van der Waals surface area contributed by atoms with Gasteiger partial charge in [0.15, 0.2) is 0 Å². The van der Waals surface area contributed by atoms with E-state index in [1.165, 1.54) is 0 Å². The molecule has 0 radical (unpaired) electrons. The Morgan fingerprint density at radius 1 is 1.88 bits per heavy atom. The van der Waals surface area contributed by atoms with Gasteiger partial charge in [0.25, 0.3) is 0 Å². The molecule has 0 spiro atoms. The van der Waals surface area contributed by atoms with Gasteiger partial charge in [-0.05, 0) is 0 Å². The lowest BCUT2D eigenvalue weighted by atomic mass is 10.4. The number of nitrogens with one attached hydrogen (secondary N) is 2. The van der Waals surface area contributed by atoms with Gasteiger partial charge in [-0.15, -0.1) is 0 Å². The second-order valence-corrected chi connectivity index (χ2v) is 1.60. The molecule has 8 heavy (non-hydrogen) atoms. The SMILES string of the molecule is N=C(N)C1=NCNC1. The molecule has 1 heterocycles. The van der Waals surface area contributed by atoms with E-state index in [2.05, 4.69) is 10.3 Å². The van der Waals surface area contributed by atoms with E-state index in [9.17, 15) is 0 Å². The molecular weight excluding hydrogens is 104 g/mol. The average molecular weight is 112 g/mol. The normalized spacial score (nSPS) is 18.2. The van der Waals surface area contributed by atoms with Gasteiger partial charge in [0.05, 0.1) is 12.4 Å². The lowest BCUT2D eigenvalue weighted by Crippen LogP contribution is -2.26. The third-order valence-corrected chi connectivity index (χ3v) is 0.985. The predicted octanol–water partition coefficient (Wildman–Crippen LogP) is -1.08. The Kier molecular flexibility index (Phi) is 1.26. The molecule has 0 unspecified atom stereocenters. The van der Waals surface area contributed by atoms with Crippen LogP contribution in [0.25, 0.3) is 0 Å². The van der Waals surface area contributed by atoms with E-state index in [1.54, 1.807) is 0 Å². The summed E-state index contributed by atoms with van der Waals surface area (Å²) in [4.78, 5) is 3.89. The Hall–Kier alpha value is -0.900. The quantitative estimate of drug-likeness (QED) is 0.298. The van der Waals surface area contributed by atoms with E-state index in [1.807, 2.05) is 0 Å². The van der Waals surface area contributed by atoms with Crippen molar-refractivity contribution in [3.63, 3.8) is 0 Å². The second kappa shape index (κ2) is 1.92. The lowest BCUT2D eigenvalue weighted by molar-refractivity contribution is 0.850. The fourth-order valence-corrected chi connectivity index (χ4v) is 0.562. The van der Waals surface area contributed by atoms with Crippen LogP contribution in [0, 0.1) is 5.41 Å². The van der Waals surface area contributed by atoms with Crippen LogP contribution in [0.3, 0.4) is 0 Å². The molecule has 0 aliphatic carbocycles. The van der Waals surface area contributed by atoms with Crippen LogP contribution in [-0.4, -0.2) is 24.8 Å². The molecule has 0 aromatic heterocycles. The van der Waals surface area contributed by atoms with Gasteiger partial charge in [0.2, 0.25) is 0 Å². The van der Waals surface area contributed by atoms with Crippen molar-refractivity contribution in [3.05, 3.63) is 0 Å². The van der Waals surface area contributed by atoms with Crippen molar-refractivity contribution < 1.29 is 0 Å². The Morgan fingerprint density at radius 3 is 2.88 bits per heavy atom. The van der Waals surface area contributed by atoms with Crippen molar-refractivity contribution in [2.45, 2.75) is 0 Å². The fourth-order valence-electron chi connectivity index (χ4n) is 0.562. The van der Waals surface area contributed by atoms with Crippen molar-refractivity contribution in [1.29, 1.82) is 5.41 Å². The third kappa shape index (κ3) is 0.840. The maximum atomic E-state index is 6.90. The number of nitrogens with two attached hydrogens (primary N) is 1. The van der Waals surface area contributed by atoms with E-state index in [4.69, 9.17) is 11.1 Å². The first-order valence-corrected chi connectivity index (χ1v) is 2.39. The predicted molar refractivity (Wildman–Crippen MR) is 32.2 cm³/mol. The van der Waals surface area contributed by atoms with Gasteiger partial charge in [0, 0.05) is 6.54 Å². The molecule has 1 aliphatic heterocycles. The minimum absolute atomic E-state index is 0.0787. The Morgan fingerprint density at radius 2 is 2.62 bits per heavy atom. The van der Waals surface area contributed by atoms with Crippen LogP contribution in [-0.2, 0) is 0 Å². The Labute approximate surface area is 47.3 Å². The summed E-state index contributed by atoms with van der Waals surface area (Å²) >= 11 is 0. The Bertz CT molecular complexity index is 137. The van der Waals surface area contributed by atoms with Gasteiger partial charge in [-0.2, -0.15) is 0 Å². The summed E-state index contributed by atoms with van der Waals surface area (Å²) in [5.41, 5.74) is 5.78. The Balaban J connectivity index is 2.57. The number of hydrogen-bond donors (Lipinski definition) is 3. The third-order valence-electron chi connectivity index (χ3n) is 0.985. The number of nitrogens with zero attached hydrogens (tertiary/aromatic N) is 1. The van der Waals surface area contributed by atoms with Crippen molar-refractivity contribution in [3.8, 4) is 0 Å². The molecule has 4 nitrogen and oxygen atoms in total. The van der Waals surface area contributed by atoms with Crippen molar-refractivity contribution >= 4 is 11.5 Å². The molecule has 0 saturated heterocycles. The van der Waals surface area contributed by atoms with Crippen LogP contribution in [0.1, 0.15) is 0 Å². The summed E-state index contributed by atoms with van der Waals surface area (Å²) in [6.07, 6.45) is 0. The van der Waals surface area contributed by atoms with Gasteiger partial charge in [-0.1, -0.05) is 0 Å². The summed E-state index contributed by atoms with van der Waals surface area (Å²) in [7, 11) is 0. The standard InChI is InChI=1S/C4H8N4/c5-4(6)3-1-7-2-8-3/h7H,1-2H2,(H3,5,6). The van der Waals surface area contributed by atoms with Gasteiger partial charge < -0.3 is 5.73 Å². The molecule has 0 amide bonds. The molecule has 0 atom stereocenters. The monoisotopic (exact) mass is 112 g/mol. The summed E-state index contributed by atoms with van der Waals surface area (Å²) in [6, 6.07) is 0. The fraction of sp³-hybridized carbons (Fsp3) is 0.500. The summed E-state index contributed by atoms with van der Waals surface area (Å²) in [5, 5.41) is 9.83. The first-order chi connectivity index (χ1) is 3.80. The maximum Gasteiger partial charge on any atom is 0.138 e. The summed E-state index contributed by atoms with van der Waals surface area (Å²) in [5.74, 6) is 0.0787. The van der Waals surface area contributed by atoms with Crippen LogP contribution in [0.2, 0.25) is 0 Å². The lowest BCUT2D eigenvalue weighted by Gasteiger charge is -1.90. The zero-order valence-electron chi connectivity index (χ0n) is 4.44. The van der Waals surface area contributed by atoms with Crippen LogP contribution in [0.4, 0.5) is 0 Å². The van der Waals surface area contributed by atoms with Crippen LogP contribution < -0.4 is 11.1 Å². The zero-order valence-corrected chi connectivity index (χ0v) is 4.44. The first kappa shape index (κ1) is 5.24. The van der Waals surface area contributed by atoms with E-state index in [0.717, 1.165) is 0 Å². The smallest absolute Gasteiger partial charge is 0.138 e. The second-order valence-electron chi connectivity index (χ2n) is 1.60. The van der Waals surface area contributed by atoms with Gasteiger partial charge in [-0.3, -0.25) is 15.7 Å². The highest BCUT2D eigenvalue weighted by Gasteiger charge is 2.05. The zero-order chi connectivity index (χ0) is 5.98. The van der Waals surface area contributed by atoms with Crippen LogP contribution in [0.15, 0.2) is 4.99 Å². The number of aliphatic imine (C=N–C) groups is 1. The molecule has 0 aromatic rings. The summed E-state index contributed by atoms with van der Waals surface area (Å²) in [6.45, 7) is 1.25. The molecule has 0 aromatic carbocycles. The molecule has 4 N–H and O–H groups in total. The number of amidine groups is 1. The first-order valence-electron chi connectivity index (χ1n) is 2.39. The van der Waals surface area contributed by atoms with Gasteiger partial charge >= 0.3 is 0 Å². The molecule has 44 valence electrons. The van der Waals surface area contributed by atoms with E-state index in [0.29, 0.717) is 18.9 Å². The van der Waals surface area contributed by atoms with Crippen LogP contribution in [0.5, 0.6) is 0 Å². The molecule has 1 aliphatic rings. The molecule has 0 bridgehead atoms. The molecule has 1 rings (SSSR count). The molecule has 0 fully saturated rings. The van der Waals surface area contributed by atoms with E-state index < -0.39 is 0 Å². The van der Waals surface area contributed by atoms with E-state index >= 15 is 0 Å². The maximum absolute atomic E-state index is 6.90. The molecule has 0 saturated carbocycles. The van der Waals surface area contributed by atoms with Gasteiger partial charge in [-0.25, -0.2) is 0 Å². The molecular formula is C4H8N4. The average Bonchev–Trinajstić information content (AvgIpc) is 2.12. The van der Waals surface area contributed by atoms with Gasteiger partial charge in [0.1, 0.15) is 5.84 Å². The topological polar surface area (TPSA) is 74.3 Å².